The lowest BCUT2D eigenvalue weighted by atomic mass is 10.1. The smallest absolute Gasteiger partial charge is 0.320 e. The molecule has 1 fully saturated rings. The Morgan fingerprint density at radius 2 is 1.90 bits per heavy atom. The number of piperidine rings is 1. The molecular formula is C14H24N2O5. The van der Waals surface area contributed by atoms with Crippen LogP contribution in [0.3, 0.4) is 0 Å². The van der Waals surface area contributed by atoms with E-state index in [1.807, 2.05) is 0 Å². The lowest BCUT2D eigenvalue weighted by molar-refractivity contribution is -0.143. The molecule has 1 atom stereocenters. The van der Waals surface area contributed by atoms with Crippen molar-refractivity contribution >= 4 is 17.8 Å². The van der Waals surface area contributed by atoms with E-state index in [0.717, 1.165) is 32.4 Å². The molecule has 7 nitrogen and oxygen atoms in total. The van der Waals surface area contributed by atoms with E-state index in [4.69, 9.17) is 9.84 Å². The fraction of sp³-hybridized carbons (Fsp3) is 0.786. The molecule has 0 aromatic heterocycles. The zero-order chi connectivity index (χ0) is 15.7. The van der Waals surface area contributed by atoms with E-state index in [1.54, 1.807) is 11.8 Å². The van der Waals surface area contributed by atoms with Gasteiger partial charge in [-0.3, -0.25) is 19.7 Å². The molecule has 2 N–H and O–H groups in total. The van der Waals surface area contributed by atoms with Crippen LogP contribution in [-0.4, -0.2) is 60.1 Å². The monoisotopic (exact) mass is 300 g/mol. The maximum Gasteiger partial charge on any atom is 0.320 e. The Morgan fingerprint density at radius 1 is 1.24 bits per heavy atom. The van der Waals surface area contributed by atoms with E-state index < -0.39 is 18.0 Å². The highest BCUT2D eigenvalue weighted by atomic mass is 16.5. The minimum atomic E-state index is -1.06. The van der Waals surface area contributed by atoms with Crippen LogP contribution in [0.25, 0.3) is 0 Å². The lowest BCUT2D eigenvalue weighted by Crippen LogP contribution is -2.42. The summed E-state index contributed by atoms with van der Waals surface area (Å²) in [6.07, 6.45) is 3.50. The first kappa shape index (κ1) is 17.4. The molecule has 1 heterocycles. The molecule has 1 aliphatic rings. The molecule has 0 saturated carbocycles. The van der Waals surface area contributed by atoms with Gasteiger partial charge in [0, 0.05) is 19.5 Å². The van der Waals surface area contributed by atoms with Gasteiger partial charge in [-0.05, 0) is 32.6 Å². The van der Waals surface area contributed by atoms with Crippen molar-refractivity contribution in [2.24, 2.45) is 0 Å². The molecule has 0 aliphatic carbocycles. The van der Waals surface area contributed by atoms with Crippen molar-refractivity contribution in [2.45, 2.75) is 45.1 Å². The van der Waals surface area contributed by atoms with Crippen molar-refractivity contribution in [2.75, 3.05) is 26.2 Å². The Kier molecular flexibility index (Phi) is 7.74. The van der Waals surface area contributed by atoms with Crippen LogP contribution in [-0.2, 0) is 19.1 Å². The van der Waals surface area contributed by atoms with Crippen LogP contribution in [0.1, 0.15) is 39.0 Å². The molecule has 1 unspecified atom stereocenters. The Bertz CT molecular complexity index is 366. The van der Waals surface area contributed by atoms with Gasteiger partial charge in [-0.25, -0.2) is 0 Å². The molecule has 120 valence electrons. The topological polar surface area (TPSA) is 95.9 Å². The van der Waals surface area contributed by atoms with Crippen LogP contribution in [0.4, 0.5) is 0 Å². The Hall–Kier alpha value is -1.63. The van der Waals surface area contributed by atoms with Gasteiger partial charge in [-0.1, -0.05) is 0 Å². The molecule has 1 rings (SSSR count). The van der Waals surface area contributed by atoms with Gasteiger partial charge in [-0.2, -0.15) is 0 Å². The fourth-order valence-corrected chi connectivity index (χ4v) is 2.30. The minimum absolute atomic E-state index is 0.0149. The third-order valence-electron chi connectivity index (χ3n) is 3.45. The van der Waals surface area contributed by atoms with Gasteiger partial charge >= 0.3 is 11.9 Å². The van der Waals surface area contributed by atoms with E-state index in [2.05, 4.69) is 5.32 Å². The molecule has 1 saturated heterocycles. The van der Waals surface area contributed by atoms with Crippen LogP contribution in [0, 0.1) is 0 Å². The Balaban J connectivity index is 2.34. The number of carboxylic acid groups (broad SMARTS) is 1. The number of aliphatic carboxylic acids is 1. The number of likely N-dealkylation sites (tertiary alicyclic amines) is 1. The van der Waals surface area contributed by atoms with Crippen LogP contribution in [0.2, 0.25) is 0 Å². The second-order valence-electron chi connectivity index (χ2n) is 5.06. The summed E-state index contributed by atoms with van der Waals surface area (Å²) >= 11 is 0. The molecule has 1 amide bonds. The van der Waals surface area contributed by atoms with Crippen molar-refractivity contribution in [1.29, 1.82) is 0 Å². The molecule has 0 aromatic rings. The summed E-state index contributed by atoms with van der Waals surface area (Å²) < 4.78 is 4.72. The second kappa shape index (κ2) is 9.33. The summed E-state index contributed by atoms with van der Waals surface area (Å²) in [6.45, 7) is 3.29. The van der Waals surface area contributed by atoms with E-state index in [-0.39, 0.29) is 31.9 Å². The molecular weight excluding hydrogens is 276 g/mol. The number of ether oxygens (including phenoxy) is 1. The van der Waals surface area contributed by atoms with Crippen LogP contribution < -0.4 is 5.32 Å². The molecule has 0 bridgehead atoms. The van der Waals surface area contributed by atoms with Gasteiger partial charge in [0.25, 0.3) is 0 Å². The predicted molar refractivity (Wildman–Crippen MR) is 75.7 cm³/mol. The standard InChI is InChI=1S/C14H24N2O5/c1-2-21-13(18)10-15-11(14(19)20)6-7-12(17)16-8-4-3-5-9-16/h11,15H,2-10H2,1H3,(H,19,20). The van der Waals surface area contributed by atoms with E-state index in [0.29, 0.717) is 0 Å². The third kappa shape index (κ3) is 6.57. The first-order chi connectivity index (χ1) is 10.0. The highest BCUT2D eigenvalue weighted by Crippen LogP contribution is 2.11. The molecule has 0 radical (unpaired) electrons. The van der Waals surface area contributed by atoms with Gasteiger partial charge in [0.2, 0.25) is 5.91 Å². The SMILES string of the molecule is CCOC(=O)CNC(CCC(=O)N1CCCCC1)C(=O)O. The minimum Gasteiger partial charge on any atom is -0.480 e. The number of hydrogen-bond acceptors (Lipinski definition) is 5. The predicted octanol–water partition coefficient (Wildman–Crippen LogP) is 0.385. The Labute approximate surface area is 124 Å². The van der Waals surface area contributed by atoms with Crippen molar-refractivity contribution in [1.82, 2.24) is 10.2 Å². The zero-order valence-corrected chi connectivity index (χ0v) is 12.5. The number of amides is 1. The number of esters is 1. The first-order valence-electron chi connectivity index (χ1n) is 7.44. The van der Waals surface area contributed by atoms with Gasteiger partial charge in [0.1, 0.15) is 6.04 Å². The second-order valence-corrected chi connectivity index (χ2v) is 5.06. The van der Waals surface area contributed by atoms with Crippen LogP contribution in [0.15, 0.2) is 0 Å². The average molecular weight is 300 g/mol. The van der Waals surface area contributed by atoms with Crippen molar-refractivity contribution in [3.63, 3.8) is 0 Å². The molecule has 0 aromatic carbocycles. The number of carbonyl (C=O) groups is 3. The van der Waals surface area contributed by atoms with Crippen molar-refractivity contribution in [3.05, 3.63) is 0 Å². The number of nitrogens with one attached hydrogen (secondary N) is 1. The summed E-state index contributed by atoms with van der Waals surface area (Å²) in [6, 6.07) is -0.914. The summed E-state index contributed by atoms with van der Waals surface area (Å²) in [4.78, 5) is 36.1. The van der Waals surface area contributed by atoms with Gasteiger partial charge < -0.3 is 14.7 Å². The summed E-state index contributed by atoms with van der Waals surface area (Å²) in [5.74, 6) is -1.57. The number of carbonyl (C=O) groups excluding carboxylic acids is 2. The first-order valence-corrected chi connectivity index (χ1v) is 7.44. The molecule has 1 aliphatic heterocycles. The summed E-state index contributed by atoms with van der Waals surface area (Å²) in [7, 11) is 0. The maximum absolute atomic E-state index is 12.0. The third-order valence-corrected chi connectivity index (χ3v) is 3.45. The zero-order valence-electron chi connectivity index (χ0n) is 12.5. The van der Waals surface area contributed by atoms with E-state index in [1.165, 1.54) is 0 Å². The van der Waals surface area contributed by atoms with Gasteiger partial charge in [0.15, 0.2) is 0 Å². The number of nitrogens with zero attached hydrogens (tertiary/aromatic N) is 1. The number of rotatable bonds is 8. The van der Waals surface area contributed by atoms with E-state index in [9.17, 15) is 14.4 Å². The summed E-state index contributed by atoms with van der Waals surface area (Å²) in [5.41, 5.74) is 0. The normalized spacial score (nSPS) is 16.3. The maximum atomic E-state index is 12.0. The quantitative estimate of drug-likeness (QED) is 0.629. The average Bonchev–Trinajstić information content (AvgIpc) is 2.47. The van der Waals surface area contributed by atoms with Crippen molar-refractivity contribution in [3.8, 4) is 0 Å². The fourth-order valence-electron chi connectivity index (χ4n) is 2.30. The molecule has 7 heteroatoms. The van der Waals surface area contributed by atoms with Crippen molar-refractivity contribution < 1.29 is 24.2 Å². The van der Waals surface area contributed by atoms with Gasteiger partial charge in [-0.15, -0.1) is 0 Å². The van der Waals surface area contributed by atoms with Gasteiger partial charge in [0.05, 0.1) is 13.2 Å². The van der Waals surface area contributed by atoms with Crippen LogP contribution >= 0.6 is 0 Å². The number of hydrogen-bond donors (Lipinski definition) is 2. The molecule has 21 heavy (non-hydrogen) atoms. The highest BCUT2D eigenvalue weighted by molar-refractivity contribution is 5.79. The number of carboxylic acids is 1. The largest absolute Gasteiger partial charge is 0.480 e. The Morgan fingerprint density at radius 3 is 2.48 bits per heavy atom. The van der Waals surface area contributed by atoms with E-state index >= 15 is 0 Å². The van der Waals surface area contributed by atoms with Crippen LogP contribution in [0.5, 0.6) is 0 Å². The summed E-state index contributed by atoms with van der Waals surface area (Å²) in [5, 5.41) is 11.7. The molecule has 0 spiro atoms. The lowest BCUT2D eigenvalue weighted by Gasteiger charge is -2.27. The highest BCUT2D eigenvalue weighted by Gasteiger charge is 2.22.